The molecule has 0 aromatic heterocycles. The van der Waals surface area contributed by atoms with E-state index in [-0.39, 0.29) is 23.2 Å². The molecular weight excluding hydrogens is 344 g/mol. The minimum Gasteiger partial charge on any atom is -0.270 e. The first-order valence-electron chi connectivity index (χ1n) is 9.61. The molecule has 0 radical (unpaired) electrons. The first kappa shape index (κ1) is 22.9. The molecule has 148 valence electrons. The van der Waals surface area contributed by atoms with Crippen molar-refractivity contribution in [2.75, 3.05) is 12.4 Å². The number of hydrogen-bond acceptors (Lipinski definition) is 3. The van der Waals surface area contributed by atoms with Crippen molar-refractivity contribution in [1.82, 2.24) is 0 Å². The van der Waals surface area contributed by atoms with Crippen molar-refractivity contribution in [2.45, 2.75) is 78.1 Å². The molecule has 0 saturated heterocycles. The zero-order valence-electron chi connectivity index (χ0n) is 17.4. The lowest BCUT2D eigenvalue weighted by atomic mass is 9.74. The van der Waals surface area contributed by atoms with Gasteiger partial charge in [-0.2, -0.15) is 8.42 Å². The Labute approximate surface area is 161 Å². The number of aryl methyl sites for hydroxylation is 1. The van der Waals surface area contributed by atoms with E-state index in [1.807, 2.05) is 0 Å². The van der Waals surface area contributed by atoms with Crippen LogP contribution in [0.3, 0.4) is 0 Å². The molecular formula is C22H36O3S. The summed E-state index contributed by atoms with van der Waals surface area (Å²) in [7, 11) is -3.48. The highest BCUT2D eigenvalue weighted by atomic mass is 32.2. The lowest BCUT2D eigenvalue weighted by molar-refractivity contribution is 0.313. The second-order valence-corrected chi connectivity index (χ2v) is 9.97. The van der Waals surface area contributed by atoms with Crippen LogP contribution < -0.4 is 0 Å². The van der Waals surface area contributed by atoms with Gasteiger partial charge >= 0.3 is 0 Å². The maximum absolute atomic E-state index is 11.6. The van der Waals surface area contributed by atoms with Gasteiger partial charge in [-0.1, -0.05) is 65.8 Å². The van der Waals surface area contributed by atoms with E-state index in [9.17, 15) is 8.42 Å². The molecule has 1 aromatic carbocycles. The quantitative estimate of drug-likeness (QED) is 0.288. The third-order valence-electron chi connectivity index (χ3n) is 5.56. The van der Waals surface area contributed by atoms with E-state index in [4.69, 9.17) is 4.18 Å². The van der Waals surface area contributed by atoms with Crippen LogP contribution in [0.4, 0.5) is 0 Å². The van der Waals surface area contributed by atoms with Crippen LogP contribution in [0.1, 0.15) is 77.5 Å². The minimum atomic E-state index is -3.48. The summed E-state index contributed by atoms with van der Waals surface area (Å²) in [5.41, 5.74) is 4.26. The second kappa shape index (κ2) is 9.18. The molecule has 0 amide bonds. The maximum atomic E-state index is 11.6. The zero-order chi connectivity index (χ0) is 20.0. The summed E-state index contributed by atoms with van der Waals surface area (Å²) in [6.07, 6.45) is 4.99. The van der Waals surface area contributed by atoms with Crippen LogP contribution in [-0.4, -0.2) is 20.8 Å². The summed E-state index contributed by atoms with van der Waals surface area (Å²) in [6, 6.07) is 6.80. The van der Waals surface area contributed by atoms with Gasteiger partial charge < -0.3 is 0 Å². The van der Waals surface area contributed by atoms with Gasteiger partial charge in [0.25, 0.3) is 10.1 Å². The van der Waals surface area contributed by atoms with E-state index in [1.54, 1.807) is 0 Å². The van der Waals surface area contributed by atoms with Gasteiger partial charge in [0.2, 0.25) is 0 Å². The van der Waals surface area contributed by atoms with Gasteiger partial charge in [-0.3, -0.25) is 4.18 Å². The number of rotatable bonds is 11. The third kappa shape index (κ3) is 6.24. The van der Waals surface area contributed by atoms with E-state index in [0.29, 0.717) is 6.42 Å². The van der Waals surface area contributed by atoms with Gasteiger partial charge in [0.05, 0.1) is 12.4 Å². The Hall–Kier alpha value is -1.13. The number of benzene rings is 1. The van der Waals surface area contributed by atoms with Crippen molar-refractivity contribution in [2.24, 2.45) is 0 Å². The first-order chi connectivity index (χ1) is 12.0. The largest absolute Gasteiger partial charge is 0.270 e. The normalized spacial score (nSPS) is 13.0. The first-order valence-corrected chi connectivity index (χ1v) is 11.2. The highest BCUT2D eigenvalue weighted by Crippen LogP contribution is 2.35. The van der Waals surface area contributed by atoms with E-state index in [2.05, 4.69) is 66.3 Å². The van der Waals surface area contributed by atoms with Crippen molar-refractivity contribution in [3.8, 4) is 0 Å². The molecule has 3 nitrogen and oxygen atoms in total. The van der Waals surface area contributed by atoms with Gasteiger partial charge in [0.1, 0.15) is 0 Å². The topological polar surface area (TPSA) is 43.4 Å². The molecule has 0 atom stereocenters. The van der Waals surface area contributed by atoms with Crippen molar-refractivity contribution in [3.05, 3.63) is 47.5 Å². The van der Waals surface area contributed by atoms with Gasteiger partial charge in [-0.15, -0.1) is 6.58 Å². The summed E-state index contributed by atoms with van der Waals surface area (Å²) in [5, 5.41) is 0. The summed E-state index contributed by atoms with van der Waals surface area (Å²) >= 11 is 0. The predicted molar refractivity (Wildman–Crippen MR) is 111 cm³/mol. The molecule has 4 heteroatoms. The molecule has 26 heavy (non-hydrogen) atoms. The molecule has 0 aliphatic rings. The molecule has 0 heterocycles. The van der Waals surface area contributed by atoms with E-state index in [1.165, 1.54) is 22.8 Å². The van der Waals surface area contributed by atoms with Crippen LogP contribution in [0.5, 0.6) is 0 Å². The van der Waals surface area contributed by atoms with Crippen LogP contribution in [0.25, 0.3) is 0 Å². The van der Waals surface area contributed by atoms with Gasteiger partial charge in [-0.05, 0) is 53.2 Å². The second-order valence-electron chi connectivity index (χ2n) is 8.29. The zero-order valence-corrected chi connectivity index (χ0v) is 18.2. The predicted octanol–water partition coefficient (Wildman–Crippen LogP) is 5.53. The summed E-state index contributed by atoms with van der Waals surface area (Å²) in [6.45, 7) is 17.2. The van der Waals surface area contributed by atoms with E-state index in [0.717, 1.165) is 19.3 Å². The molecule has 0 aliphatic carbocycles. The average molecular weight is 381 g/mol. The van der Waals surface area contributed by atoms with Gasteiger partial charge in [-0.25, -0.2) is 0 Å². The Balaban J connectivity index is 2.99. The molecule has 1 rings (SSSR count). The lowest BCUT2D eigenvalue weighted by Crippen LogP contribution is -2.22. The van der Waals surface area contributed by atoms with Crippen LogP contribution in [0.2, 0.25) is 0 Å². The lowest BCUT2D eigenvalue weighted by Gasteiger charge is -2.31. The Morgan fingerprint density at radius 1 is 1.08 bits per heavy atom. The molecule has 0 unspecified atom stereocenters. The van der Waals surface area contributed by atoms with E-state index < -0.39 is 10.1 Å². The molecule has 0 aliphatic heterocycles. The molecule has 0 spiro atoms. The minimum absolute atomic E-state index is 0.0882. The fraction of sp³-hybridized carbons (Fsp3) is 0.636. The molecule has 0 fully saturated rings. The monoisotopic (exact) mass is 380 g/mol. The summed E-state index contributed by atoms with van der Waals surface area (Å²) < 4.78 is 28.3. The Bertz CT molecular complexity index is 700. The molecule has 1 aromatic rings. The Kier molecular flexibility index (Phi) is 8.09. The van der Waals surface area contributed by atoms with Crippen LogP contribution in [-0.2, 0) is 31.6 Å². The summed E-state index contributed by atoms with van der Waals surface area (Å²) in [5.74, 6) is -0.137. The SMILES string of the molecule is C=CCS(=O)(=O)OCCCc1ccc(C(C)(C)CC)cc1C(C)(C)CC. The molecule has 0 saturated carbocycles. The van der Waals surface area contributed by atoms with Crippen molar-refractivity contribution in [3.63, 3.8) is 0 Å². The molecule has 0 N–H and O–H groups in total. The highest BCUT2D eigenvalue weighted by molar-refractivity contribution is 7.86. The number of hydrogen-bond donors (Lipinski definition) is 0. The van der Waals surface area contributed by atoms with Gasteiger partial charge in [0.15, 0.2) is 0 Å². The fourth-order valence-electron chi connectivity index (χ4n) is 2.88. The fourth-order valence-corrected chi connectivity index (χ4v) is 3.64. The highest BCUT2D eigenvalue weighted by Gasteiger charge is 2.25. The Morgan fingerprint density at radius 3 is 2.23 bits per heavy atom. The third-order valence-corrected chi connectivity index (χ3v) is 6.73. The summed E-state index contributed by atoms with van der Waals surface area (Å²) in [4.78, 5) is 0. The average Bonchev–Trinajstić information content (AvgIpc) is 2.58. The van der Waals surface area contributed by atoms with Gasteiger partial charge in [0, 0.05) is 0 Å². The van der Waals surface area contributed by atoms with Crippen LogP contribution in [0, 0.1) is 0 Å². The van der Waals surface area contributed by atoms with Crippen LogP contribution in [0.15, 0.2) is 30.9 Å². The van der Waals surface area contributed by atoms with E-state index >= 15 is 0 Å². The van der Waals surface area contributed by atoms with Crippen molar-refractivity contribution < 1.29 is 12.6 Å². The smallest absolute Gasteiger partial charge is 0.270 e. The Morgan fingerprint density at radius 2 is 1.69 bits per heavy atom. The standard InChI is InChI=1S/C22H36O3S/c1-8-16-26(23,24)25-15-11-12-18-13-14-19(21(4,5)9-2)17-20(18)22(6,7)10-3/h8,13-14,17H,1,9-12,15-16H2,2-7H3. The van der Waals surface area contributed by atoms with Crippen LogP contribution >= 0.6 is 0 Å². The van der Waals surface area contributed by atoms with Crippen molar-refractivity contribution >= 4 is 10.1 Å². The van der Waals surface area contributed by atoms with Crippen molar-refractivity contribution in [1.29, 1.82) is 0 Å². The maximum Gasteiger partial charge on any atom is 0.270 e. The molecule has 0 bridgehead atoms.